The lowest BCUT2D eigenvalue weighted by Crippen LogP contribution is -2.14. The van der Waals surface area contributed by atoms with Crippen LogP contribution in [0.1, 0.15) is 18.1 Å². The zero-order valence-electron chi connectivity index (χ0n) is 15.9. The molecule has 0 radical (unpaired) electrons. The van der Waals surface area contributed by atoms with Crippen LogP contribution in [0, 0.1) is 0 Å². The summed E-state index contributed by atoms with van der Waals surface area (Å²) in [6, 6.07) is 7.61. The van der Waals surface area contributed by atoms with Crippen LogP contribution in [-0.4, -0.2) is 26.0 Å². The smallest absolute Gasteiger partial charge is 0.416 e. The molecule has 6 nitrogen and oxygen atoms in total. The summed E-state index contributed by atoms with van der Waals surface area (Å²) in [5.41, 5.74) is -0.492. The van der Waals surface area contributed by atoms with Crippen LogP contribution in [-0.2, 0) is 15.8 Å². The minimum absolute atomic E-state index is 0.0512. The molecule has 0 heterocycles. The predicted molar refractivity (Wildman–Crippen MR) is 103 cm³/mol. The van der Waals surface area contributed by atoms with E-state index in [-0.39, 0.29) is 11.4 Å². The standard InChI is InChI=1S/C20H19F3N2O4/c1-12(26)24-17-6-5-14(20(21,22)23)10-18(17)25-19(27)7-4-13-8-15(28-2)11-16(9-13)29-3/h4-11H,1-3H3,(H,24,26)(H,25,27)/b7-4+. The van der Waals surface area contributed by atoms with Gasteiger partial charge in [-0.3, -0.25) is 9.59 Å². The summed E-state index contributed by atoms with van der Waals surface area (Å²) in [5.74, 6) is -0.151. The fourth-order valence-corrected chi connectivity index (χ4v) is 2.39. The van der Waals surface area contributed by atoms with E-state index in [0.29, 0.717) is 17.1 Å². The van der Waals surface area contributed by atoms with Crippen molar-refractivity contribution in [2.24, 2.45) is 0 Å². The molecule has 0 fully saturated rings. The molecule has 9 heteroatoms. The van der Waals surface area contributed by atoms with Gasteiger partial charge in [-0.15, -0.1) is 0 Å². The number of methoxy groups -OCH3 is 2. The van der Waals surface area contributed by atoms with Crippen molar-refractivity contribution in [3.05, 3.63) is 53.6 Å². The van der Waals surface area contributed by atoms with E-state index in [0.717, 1.165) is 24.3 Å². The summed E-state index contributed by atoms with van der Waals surface area (Å²) < 4.78 is 49.2. The molecule has 2 aromatic carbocycles. The number of alkyl halides is 3. The van der Waals surface area contributed by atoms with Crippen LogP contribution < -0.4 is 20.1 Å². The third-order valence-electron chi connectivity index (χ3n) is 3.72. The second-order valence-electron chi connectivity index (χ2n) is 5.91. The third kappa shape index (κ3) is 6.27. The van der Waals surface area contributed by atoms with Crippen molar-refractivity contribution < 1.29 is 32.2 Å². The zero-order valence-corrected chi connectivity index (χ0v) is 15.9. The average molecular weight is 408 g/mol. The summed E-state index contributed by atoms with van der Waals surface area (Å²) in [7, 11) is 2.96. The number of carbonyl (C=O) groups is 2. The number of anilines is 2. The fourth-order valence-electron chi connectivity index (χ4n) is 2.39. The highest BCUT2D eigenvalue weighted by Crippen LogP contribution is 2.34. The Bertz CT molecular complexity index is 918. The van der Waals surface area contributed by atoms with Gasteiger partial charge in [0, 0.05) is 19.1 Å². The third-order valence-corrected chi connectivity index (χ3v) is 3.72. The Morgan fingerprint density at radius 1 is 0.931 bits per heavy atom. The first kappa shape index (κ1) is 21.8. The van der Waals surface area contributed by atoms with Crippen LogP contribution in [0.25, 0.3) is 6.08 Å². The number of hydrogen-bond donors (Lipinski definition) is 2. The normalized spacial score (nSPS) is 11.2. The topological polar surface area (TPSA) is 76.7 Å². The van der Waals surface area contributed by atoms with Gasteiger partial charge >= 0.3 is 6.18 Å². The predicted octanol–water partition coefficient (Wildman–Crippen LogP) is 4.33. The summed E-state index contributed by atoms with van der Waals surface area (Å²) >= 11 is 0. The molecule has 0 aliphatic heterocycles. The van der Waals surface area contributed by atoms with Crippen LogP contribution >= 0.6 is 0 Å². The summed E-state index contributed by atoms with van der Waals surface area (Å²) in [5, 5.41) is 4.74. The summed E-state index contributed by atoms with van der Waals surface area (Å²) in [6.07, 6.45) is -2.00. The van der Waals surface area contributed by atoms with Crippen LogP contribution in [0.15, 0.2) is 42.5 Å². The number of nitrogens with one attached hydrogen (secondary N) is 2. The minimum Gasteiger partial charge on any atom is -0.497 e. The molecule has 154 valence electrons. The van der Waals surface area contributed by atoms with Crippen molar-refractivity contribution in [2.75, 3.05) is 24.9 Å². The van der Waals surface area contributed by atoms with Crippen molar-refractivity contribution in [3.8, 4) is 11.5 Å². The van der Waals surface area contributed by atoms with Crippen LogP contribution in [0.2, 0.25) is 0 Å². The van der Waals surface area contributed by atoms with Crippen molar-refractivity contribution >= 4 is 29.3 Å². The van der Waals surface area contributed by atoms with Crippen LogP contribution in [0.3, 0.4) is 0 Å². The SMILES string of the molecule is COc1cc(/C=C/C(=O)Nc2cc(C(F)(F)F)ccc2NC(C)=O)cc(OC)c1. The molecule has 0 aromatic heterocycles. The monoisotopic (exact) mass is 408 g/mol. The number of benzene rings is 2. The van der Waals surface area contributed by atoms with Gasteiger partial charge in [-0.25, -0.2) is 0 Å². The number of hydrogen-bond acceptors (Lipinski definition) is 4. The highest BCUT2D eigenvalue weighted by Gasteiger charge is 2.31. The number of halogens is 3. The van der Waals surface area contributed by atoms with Gasteiger partial charge in [-0.2, -0.15) is 13.2 Å². The maximum absolute atomic E-state index is 13.0. The lowest BCUT2D eigenvalue weighted by atomic mass is 10.1. The Kier molecular flexibility index (Phi) is 6.87. The Hall–Kier alpha value is -3.49. The maximum atomic E-state index is 13.0. The zero-order chi connectivity index (χ0) is 21.6. The van der Waals surface area contributed by atoms with Gasteiger partial charge in [0.25, 0.3) is 0 Å². The number of ether oxygens (including phenoxy) is 2. The molecule has 0 unspecified atom stereocenters. The van der Waals surface area contributed by atoms with Crippen LogP contribution in [0.5, 0.6) is 11.5 Å². The summed E-state index contributed by atoms with van der Waals surface area (Å²) in [6.45, 7) is 1.21. The van der Waals surface area contributed by atoms with Gasteiger partial charge in [-0.1, -0.05) is 0 Å². The van der Waals surface area contributed by atoms with E-state index in [9.17, 15) is 22.8 Å². The molecule has 0 atom stereocenters. The summed E-state index contributed by atoms with van der Waals surface area (Å²) in [4.78, 5) is 23.5. The maximum Gasteiger partial charge on any atom is 0.416 e. The molecule has 0 saturated heterocycles. The van der Waals surface area contributed by atoms with Gasteiger partial charge in [-0.05, 0) is 42.0 Å². The Balaban J connectivity index is 2.27. The molecular formula is C20H19F3N2O4. The van der Waals surface area contributed by atoms with E-state index in [1.54, 1.807) is 18.2 Å². The van der Waals surface area contributed by atoms with Crippen LogP contribution in [0.4, 0.5) is 24.5 Å². The lowest BCUT2D eigenvalue weighted by Gasteiger charge is -2.14. The van der Waals surface area contributed by atoms with Gasteiger partial charge in [0.1, 0.15) is 11.5 Å². The molecule has 0 saturated carbocycles. The fraction of sp³-hybridized carbons (Fsp3) is 0.200. The highest BCUT2D eigenvalue weighted by molar-refractivity contribution is 6.05. The van der Waals surface area contributed by atoms with E-state index < -0.39 is 23.6 Å². The molecule has 0 aliphatic carbocycles. The van der Waals surface area contributed by atoms with E-state index in [1.807, 2.05) is 0 Å². The van der Waals surface area contributed by atoms with E-state index >= 15 is 0 Å². The average Bonchev–Trinajstić information content (AvgIpc) is 2.66. The first-order valence-corrected chi connectivity index (χ1v) is 8.33. The van der Waals surface area contributed by atoms with E-state index in [2.05, 4.69) is 10.6 Å². The quantitative estimate of drug-likeness (QED) is 0.698. The number of amides is 2. The van der Waals surface area contributed by atoms with Crippen molar-refractivity contribution in [1.29, 1.82) is 0 Å². The molecular weight excluding hydrogens is 389 g/mol. The molecule has 2 N–H and O–H groups in total. The van der Waals surface area contributed by atoms with Gasteiger partial charge in [0.2, 0.25) is 11.8 Å². The molecule has 2 amide bonds. The first-order chi connectivity index (χ1) is 13.6. The van der Waals surface area contributed by atoms with Crippen molar-refractivity contribution in [3.63, 3.8) is 0 Å². The Morgan fingerprint density at radius 3 is 2.07 bits per heavy atom. The largest absolute Gasteiger partial charge is 0.497 e. The molecule has 29 heavy (non-hydrogen) atoms. The van der Waals surface area contributed by atoms with Crippen molar-refractivity contribution in [2.45, 2.75) is 13.1 Å². The van der Waals surface area contributed by atoms with Gasteiger partial charge < -0.3 is 20.1 Å². The van der Waals surface area contributed by atoms with Gasteiger partial charge in [0.15, 0.2) is 0 Å². The Labute approximate surface area is 165 Å². The molecule has 2 aromatic rings. The Morgan fingerprint density at radius 2 is 1.55 bits per heavy atom. The minimum atomic E-state index is -4.60. The van der Waals surface area contributed by atoms with Crippen molar-refractivity contribution in [1.82, 2.24) is 0 Å². The molecule has 0 aliphatic rings. The molecule has 0 spiro atoms. The molecule has 0 bridgehead atoms. The number of rotatable bonds is 6. The lowest BCUT2D eigenvalue weighted by molar-refractivity contribution is -0.137. The first-order valence-electron chi connectivity index (χ1n) is 8.33. The van der Waals surface area contributed by atoms with E-state index in [1.165, 1.54) is 27.2 Å². The van der Waals surface area contributed by atoms with Gasteiger partial charge in [0.05, 0.1) is 31.2 Å². The second-order valence-corrected chi connectivity index (χ2v) is 5.91. The number of carbonyl (C=O) groups excluding carboxylic acids is 2. The molecule has 2 rings (SSSR count). The second kappa shape index (κ2) is 9.13. The van der Waals surface area contributed by atoms with E-state index in [4.69, 9.17) is 9.47 Å². The highest BCUT2D eigenvalue weighted by atomic mass is 19.4.